The summed E-state index contributed by atoms with van der Waals surface area (Å²) in [5.41, 5.74) is 8.35. The first-order valence-electron chi connectivity index (χ1n) is 10.2. The van der Waals surface area contributed by atoms with Gasteiger partial charge in [0.1, 0.15) is 12.4 Å². The largest absolute Gasteiger partial charge is 0.458 e. The number of halogens is 1. The monoisotopic (exact) mass is 423 g/mol. The Morgan fingerprint density at radius 1 is 1.29 bits per heavy atom. The number of carbonyl (C=O) groups excluding carboxylic acids is 1. The Morgan fingerprint density at radius 2 is 2.03 bits per heavy atom. The summed E-state index contributed by atoms with van der Waals surface area (Å²) < 4.78 is 21.8. The minimum absolute atomic E-state index is 0.0669. The fraction of sp³-hybridized carbons (Fsp3) is 0.348. The molecule has 3 N–H and O–H groups in total. The molecule has 0 bridgehead atoms. The maximum atomic E-state index is 15.2. The molecule has 0 radical (unpaired) electrons. The molecule has 2 aliphatic heterocycles. The van der Waals surface area contributed by atoms with E-state index in [4.69, 9.17) is 15.5 Å². The Bertz CT molecular complexity index is 1380. The molecule has 5 rings (SSSR count). The Balaban J connectivity index is 1.86. The summed E-state index contributed by atoms with van der Waals surface area (Å²) in [6.45, 7) is 5.27. The number of aliphatic hydroxyl groups is 1. The van der Waals surface area contributed by atoms with Crippen molar-refractivity contribution in [1.82, 2.24) is 9.55 Å². The van der Waals surface area contributed by atoms with Crippen molar-refractivity contribution in [3.63, 3.8) is 0 Å². The normalized spacial score (nSPS) is 19.2. The van der Waals surface area contributed by atoms with Crippen molar-refractivity contribution in [3.05, 3.63) is 61.7 Å². The number of ether oxygens (including phenoxy) is 1. The van der Waals surface area contributed by atoms with E-state index in [-0.39, 0.29) is 48.6 Å². The lowest BCUT2D eigenvalue weighted by atomic mass is 9.86. The van der Waals surface area contributed by atoms with Crippen LogP contribution in [-0.4, -0.2) is 20.6 Å². The van der Waals surface area contributed by atoms with Gasteiger partial charge in [-0.15, -0.1) is 0 Å². The molecular formula is C23H22FN3O4. The number of esters is 1. The molecule has 1 aromatic carbocycles. The molecule has 7 nitrogen and oxygen atoms in total. The van der Waals surface area contributed by atoms with E-state index < -0.39 is 11.6 Å². The lowest BCUT2D eigenvalue weighted by molar-refractivity contribution is -0.172. The van der Waals surface area contributed by atoms with Crippen molar-refractivity contribution in [3.8, 4) is 11.4 Å². The SMILES string of the molecule is CC[C@@]1(O)C(=O)OCc2c1cc1n(c2=O)Cc2c-1nc1cc(C)c(C)c(F)c1c2CN. The molecule has 0 aliphatic carbocycles. The van der Waals surface area contributed by atoms with E-state index in [1.54, 1.807) is 19.9 Å². The van der Waals surface area contributed by atoms with Crippen molar-refractivity contribution in [2.24, 2.45) is 5.73 Å². The standard InChI is InChI=1S/C23H22FN3O4/c1-4-23(30)15-6-17-20-13(8-27(17)21(28)14(15)9-31-22(23)29)12(7-25)18-16(26-20)5-10(2)11(3)19(18)24/h5-6,30H,4,7-9,25H2,1-3H3/t23-/m0/s1. The second-order valence-electron chi connectivity index (χ2n) is 8.25. The van der Waals surface area contributed by atoms with Crippen LogP contribution in [0.3, 0.4) is 0 Å². The molecule has 2 aliphatic rings. The van der Waals surface area contributed by atoms with Crippen LogP contribution in [0.25, 0.3) is 22.3 Å². The van der Waals surface area contributed by atoms with Crippen LogP contribution >= 0.6 is 0 Å². The summed E-state index contributed by atoms with van der Waals surface area (Å²) in [7, 11) is 0. The third-order valence-electron chi connectivity index (χ3n) is 6.74. The quantitative estimate of drug-likeness (QED) is 0.479. The number of nitrogens with zero attached hydrogens (tertiary/aromatic N) is 2. The van der Waals surface area contributed by atoms with Crippen LogP contribution in [0.1, 0.15) is 46.7 Å². The van der Waals surface area contributed by atoms with Gasteiger partial charge in [-0.3, -0.25) is 4.79 Å². The predicted octanol–water partition coefficient (Wildman–Crippen LogP) is 2.29. The molecule has 0 saturated carbocycles. The fourth-order valence-corrected chi connectivity index (χ4v) is 4.73. The molecule has 0 saturated heterocycles. The van der Waals surface area contributed by atoms with Gasteiger partial charge < -0.3 is 20.1 Å². The van der Waals surface area contributed by atoms with Gasteiger partial charge in [0.25, 0.3) is 5.56 Å². The molecule has 1 atom stereocenters. The molecule has 2 aromatic heterocycles. The van der Waals surface area contributed by atoms with Crippen LogP contribution in [0, 0.1) is 19.7 Å². The lowest BCUT2D eigenvalue weighted by Gasteiger charge is -2.31. The first-order chi connectivity index (χ1) is 14.7. The molecule has 0 spiro atoms. The highest BCUT2D eigenvalue weighted by Gasteiger charge is 2.45. The topological polar surface area (TPSA) is 107 Å². The molecular weight excluding hydrogens is 401 g/mol. The molecule has 0 unspecified atom stereocenters. The second kappa shape index (κ2) is 6.45. The smallest absolute Gasteiger partial charge is 0.343 e. The maximum absolute atomic E-state index is 15.2. The van der Waals surface area contributed by atoms with Crippen LogP contribution < -0.4 is 11.3 Å². The number of hydrogen-bond acceptors (Lipinski definition) is 6. The summed E-state index contributed by atoms with van der Waals surface area (Å²) in [5, 5.41) is 11.3. The summed E-state index contributed by atoms with van der Waals surface area (Å²) in [4.78, 5) is 30.3. The number of fused-ring (bicyclic) bond motifs is 5. The van der Waals surface area contributed by atoms with E-state index in [1.807, 2.05) is 13.0 Å². The van der Waals surface area contributed by atoms with Crippen molar-refractivity contribution in [1.29, 1.82) is 0 Å². The number of benzene rings is 1. The minimum Gasteiger partial charge on any atom is -0.458 e. The number of cyclic esters (lactones) is 1. The van der Waals surface area contributed by atoms with Crippen molar-refractivity contribution < 1.29 is 19.0 Å². The average molecular weight is 423 g/mol. The highest BCUT2D eigenvalue weighted by Crippen LogP contribution is 2.41. The zero-order chi connectivity index (χ0) is 22.2. The van der Waals surface area contributed by atoms with Crippen molar-refractivity contribution in [2.45, 2.75) is 52.5 Å². The average Bonchev–Trinajstić information content (AvgIpc) is 3.12. The number of nitrogens with two attached hydrogens (primary N) is 1. The maximum Gasteiger partial charge on any atom is 0.343 e. The summed E-state index contributed by atoms with van der Waals surface area (Å²) in [5.74, 6) is -1.12. The van der Waals surface area contributed by atoms with E-state index in [1.165, 1.54) is 4.57 Å². The van der Waals surface area contributed by atoms with Gasteiger partial charge in [0.15, 0.2) is 5.60 Å². The Labute approximate surface area is 177 Å². The van der Waals surface area contributed by atoms with Crippen LogP contribution in [0.4, 0.5) is 4.39 Å². The van der Waals surface area contributed by atoms with Gasteiger partial charge in [-0.1, -0.05) is 6.92 Å². The molecule has 3 aromatic rings. The molecule has 0 fully saturated rings. The first kappa shape index (κ1) is 19.8. The number of pyridine rings is 2. The zero-order valence-corrected chi connectivity index (χ0v) is 17.5. The molecule has 0 amide bonds. The summed E-state index contributed by atoms with van der Waals surface area (Å²) in [6, 6.07) is 3.45. The fourth-order valence-electron chi connectivity index (χ4n) is 4.73. The van der Waals surface area contributed by atoms with Crippen LogP contribution in [0.5, 0.6) is 0 Å². The van der Waals surface area contributed by atoms with Crippen LogP contribution in [-0.2, 0) is 34.8 Å². The van der Waals surface area contributed by atoms with Gasteiger partial charge in [-0.2, -0.15) is 0 Å². The Morgan fingerprint density at radius 3 is 2.71 bits per heavy atom. The van der Waals surface area contributed by atoms with Gasteiger partial charge >= 0.3 is 5.97 Å². The predicted molar refractivity (Wildman–Crippen MR) is 112 cm³/mol. The molecule has 4 heterocycles. The zero-order valence-electron chi connectivity index (χ0n) is 17.5. The third kappa shape index (κ3) is 2.43. The van der Waals surface area contributed by atoms with Gasteiger partial charge in [-0.05, 0) is 49.1 Å². The number of aryl methyl sites for hydroxylation is 1. The second-order valence-corrected chi connectivity index (χ2v) is 8.25. The van der Waals surface area contributed by atoms with Gasteiger partial charge in [0.05, 0.1) is 29.0 Å². The van der Waals surface area contributed by atoms with E-state index in [0.29, 0.717) is 39.0 Å². The third-order valence-corrected chi connectivity index (χ3v) is 6.74. The number of carbonyl (C=O) groups is 1. The van der Waals surface area contributed by atoms with Crippen LogP contribution in [0.2, 0.25) is 0 Å². The van der Waals surface area contributed by atoms with E-state index in [2.05, 4.69) is 0 Å². The van der Waals surface area contributed by atoms with Gasteiger partial charge in [0, 0.05) is 23.1 Å². The number of aromatic nitrogens is 2. The Hall–Kier alpha value is -3.10. The van der Waals surface area contributed by atoms with E-state index in [0.717, 1.165) is 5.56 Å². The number of hydrogen-bond donors (Lipinski definition) is 2. The lowest BCUT2D eigenvalue weighted by Crippen LogP contribution is -2.44. The summed E-state index contributed by atoms with van der Waals surface area (Å²) >= 11 is 0. The molecule has 160 valence electrons. The van der Waals surface area contributed by atoms with Crippen molar-refractivity contribution >= 4 is 16.9 Å². The van der Waals surface area contributed by atoms with Crippen LogP contribution in [0.15, 0.2) is 16.9 Å². The highest BCUT2D eigenvalue weighted by molar-refractivity contribution is 5.90. The number of rotatable bonds is 2. The Kier molecular flexibility index (Phi) is 4.13. The minimum atomic E-state index is -1.89. The molecule has 8 heteroatoms. The molecule has 31 heavy (non-hydrogen) atoms. The van der Waals surface area contributed by atoms with Gasteiger partial charge in [0.2, 0.25) is 0 Å². The van der Waals surface area contributed by atoms with E-state index >= 15 is 4.39 Å². The van der Waals surface area contributed by atoms with Gasteiger partial charge in [-0.25, -0.2) is 14.2 Å². The highest BCUT2D eigenvalue weighted by atomic mass is 19.1. The van der Waals surface area contributed by atoms with E-state index in [9.17, 15) is 14.7 Å². The van der Waals surface area contributed by atoms with Crippen molar-refractivity contribution in [2.75, 3.05) is 0 Å². The summed E-state index contributed by atoms with van der Waals surface area (Å²) in [6.07, 6.45) is 0.0669. The first-order valence-corrected chi connectivity index (χ1v) is 10.2.